The van der Waals surface area contributed by atoms with Crippen molar-refractivity contribution >= 4 is 17.6 Å². The zero-order valence-corrected chi connectivity index (χ0v) is 15.4. The van der Waals surface area contributed by atoms with Crippen LogP contribution < -0.4 is 10.6 Å². The fourth-order valence-electron chi connectivity index (χ4n) is 3.07. The van der Waals surface area contributed by atoms with Crippen LogP contribution in [0.25, 0.3) is 0 Å². The Balaban J connectivity index is 1.61. The standard InChI is InChI=1S/C22H23ClN2O/c23-21-14-8-7-13-19(21)15-24-22(26)25-16-20(17-9-3-1-4-10-17)18-11-5-2-6-12-18/h1-7,9-13,20H,8,14-16H2,(H2,24,25,26). The highest BCUT2D eigenvalue weighted by atomic mass is 35.5. The van der Waals surface area contributed by atoms with E-state index in [4.69, 9.17) is 11.6 Å². The fourth-order valence-corrected chi connectivity index (χ4v) is 3.31. The first-order valence-corrected chi connectivity index (χ1v) is 9.27. The minimum atomic E-state index is -0.183. The Kier molecular flexibility index (Phi) is 6.50. The lowest BCUT2D eigenvalue weighted by Crippen LogP contribution is -2.38. The van der Waals surface area contributed by atoms with Crippen molar-refractivity contribution in [2.45, 2.75) is 18.8 Å². The largest absolute Gasteiger partial charge is 0.337 e. The van der Waals surface area contributed by atoms with Crippen LogP contribution in [-0.2, 0) is 0 Å². The van der Waals surface area contributed by atoms with Crippen LogP contribution in [0.3, 0.4) is 0 Å². The van der Waals surface area contributed by atoms with Gasteiger partial charge in [-0.2, -0.15) is 0 Å². The summed E-state index contributed by atoms with van der Waals surface area (Å²) in [6, 6.07) is 20.3. The lowest BCUT2D eigenvalue weighted by Gasteiger charge is -2.19. The van der Waals surface area contributed by atoms with E-state index in [1.165, 1.54) is 11.1 Å². The summed E-state index contributed by atoms with van der Waals surface area (Å²) in [7, 11) is 0. The quantitative estimate of drug-likeness (QED) is 0.745. The second-order valence-electron chi connectivity index (χ2n) is 6.31. The third-order valence-electron chi connectivity index (χ3n) is 4.51. The summed E-state index contributed by atoms with van der Waals surface area (Å²) >= 11 is 6.21. The highest BCUT2D eigenvalue weighted by Gasteiger charge is 2.15. The van der Waals surface area contributed by atoms with Gasteiger partial charge in [-0.1, -0.05) is 84.4 Å². The van der Waals surface area contributed by atoms with Gasteiger partial charge in [0.05, 0.1) is 0 Å². The molecule has 2 amide bonds. The van der Waals surface area contributed by atoms with Crippen molar-refractivity contribution in [1.29, 1.82) is 0 Å². The molecular formula is C22H23ClN2O. The van der Waals surface area contributed by atoms with Gasteiger partial charge in [-0.15, -0.1) is 0 Å². The first-order valence-electron chi connectivity index (χ1n) is 8.89. The molecule has 1 aliphatic rings. The maximum atomic E-state index is 12.2. The molecule has 2 N–H and O–H groups in total. The normalized spacial score (nSPS) is 13.8. The van der Waals surface area contributed by atoms with Crippen molar-refractivity contribution in [2.75, 3.05) is 13.1 Å². The molecule has 3 rings (SSSR count). The predicted molar refractivity (Wildman–Crippen MR) is 107 cm³/mol. The SMILES string of the molecule is O=C(NCC1=C(Cl)CCC=C1)NCC(c1ccccc1)c1ccccc1. The van der Waals surface area contributed by atoms with Crippen molar-refractivity contribution < 1.29 is 4.79 Å². The average Bonchev–Trinajstić information content (AvgIpc) is 2.69. The van der Waals surface area contributed by atoms with E-state index in [2.05, 4.69) is 41.0 Å². The molecule has 0 saturated heterocycles. The van der Waals surface area contributed by atoms with Gasteiger partial charge in [0, 0.05) is 24.0 Å². The molecule has 3 nitrogen and oxygen atoms in total. The van der Waals surface area contributed by atoms with E-state index < -0.39 is 0 Å². The molecule has 1 aliphatic carbocycles. The van der Waals surface area contributed by atoms with Crippen LogP contribution in [0.15, 0.2) is 83.4 Å². The topological polar surface area (TPSA) is 41.1 Å². The molecule has 0 aliphatic heterocycles. The Morgan fingerprint density at radius 3 is 2.15 bits per heavy atom. The molecule has 0 radical (unpaired) electrons. The van der Waals surface area contributed by atoms with Crippen molar-refractivity contribution in [3.8, 4) is 0 Å². The van der Waals surface area contributed by atoms with Crippen LogP contribution in [-0.4, -0.2) is 19.1 Å². The number of nitrogens with one attached hydrogen (secondary N) is 2. The number of allylic oxidation sites excluding steroid dienone is 2. The molecule has 2 aromatic carbocycles. The Morgan fingerprint density at radius 1 is 0.962 bits per heavy atom. The van der Waals surface area contributed by atoms with E-state index in [-0.39, 0.29) is 11.9 Å². The van der Waals surface area contributed by atoms with E-state index in [0.717, 1.165) is 23.4 Å². The van der Waals surface area contributed by atoms with Gasteiger partial charge in [0.2, 0.25) is 0 Å². The lowest BCUT2D eigenvalue weighted by atomic mass is 9.91. The van der Waals surface area contributed by atoms with Crippen LogP contribution >= 0.6 is 11.6 Å². The summed E-state index contributed by atoms with van der Waals surface area (Å²) in [5, 5.41) is 6.72. The van der Waals surface area contributed by atoms with E-state index in [0.29, 0.717) is 13.1 Å². The van der Waals surface area contributed by atoms with Crippen LogP contribution in [0.5, 0.6) is 0 Å². The van der Waals surface area contributed by atoms with Gasteiger partial charge in [-0.3, -0.25) is 0 Å². The van der Waals surface area contributed by atoms with Crippen molar-refractivity contribution in [2.24, 2.45) is 0 Å². The molecule has 0 heterocycles. The first-order chi connectivity index (χ1) is 12.7. The molecule has 2 aromatic rings. The van der Waals surface area contributed by atoms with Crippen LogP contribution in [0, 0.1) is 0 Å². The fraction of sp³-hybridized carbons (Fsp3) is 0.227. The highest BCUT2D eigenvalue weighted by Crippen LogP contribution is 2.24. The molecule has 0 unspecified atom stereocenters. The maximum absolute atomic E-state index is 12.2. The molecule has 134 valence electrons. The van der Waals surface area contributed by atoms with E-state index in [1.54, 1.807) is 0 Å². The van der Waals surface area contributed by atoms with Gasteiger partial charge in [-0.05, 0) is 29.5 Å². The van der Waals surface area contributed by atoms with Gasteiger partial charge in [0.15, 0.2) is 0 Å². The van der Waals surface area contributed by atoms with Crippen LogP contribution in [0.4, 0.5) is 4.79 Å². The van der Waals surface area contributed by atoms with E-state index >= 15 is 0 Å². The lowest BCUT2D eigenvalue weighted by molar-refractivity contribution is 0.241. The molecular weight excluding hydrogens is 344 g/mol. The van der Waals surface area contributed by atoms with E-state index in [9.17, 15) is 4.79 Å². The Hall–Kier alpha value is -2.52. The van der Waals surface area contributed by atoms with Gasteiger partial charge in [0.1, 0.15) is 0 Å². The molecule has 4 heteroatoms. The minimum Gasteiger partial charge on any atom is -0.337 e. The van der Waals surface area contributed by atoms with E-state index in [1.807, 2.05) is 42.5 Å². The van der Waals surface area contributed by atoms with Crippen molar-refractivity contribution in [3.63, 3.8) is 0 Å². The highest BCUT2D eigenvalue weighted by molar-refractivity contribution is 6.30. The Bertz CT molecular complexity index is 745. The van der Waals surface area contributed by atoms with Crippen molar-refractivity contribution in [1.82, 2.24) is 10.6 Å². The number of benzene rings is 2. The minimum absolute atomic E-state index is 0.112. The maximum Gasteiger partial charge on any atom is 0.315 e. The number of hydrogen-bond donors (Lipinski definition) is 2. The summed E-state index contributed by atoms with van der Waals surface area (Å²) < 4.78 is 0. The number of rotatable bonds is 6. The molecule has 0 saturated carbocycles. The van der Waals surface area contributed by atoms with Gasteiger partial charge in [0.25, 0.3) is 0 Å². The summed E-state index contributed by atoms with van der Waals surface area (Å²) in [6.45, 7) is 0.977. The number of urea groups is 1. The zero-order chi connectivity index (χ0) is 18.2. The Labute approximate surface area is 159 Å². The molecule has 0 aromatic heterocycles. The Morgan fingerprint density at radius 2 is 1.58 bits per heavy atom. The molecule has 0 fully saturated rings. The average molecular weight is 367 g/mol. The van der Waals surface area contributed by atoms with Crippen molar-refractivity contribution in [3.05, 3.63) is 94.5 Å². The summed E-state index contributed by atoms with van der Waals surface area (Å²) in [5.74, 6) is 0.112. The smallest absolute Gasteiger partial charge is 0.315 e. The molecule has 0 spiro atoms. The summed E-state index contributed by atoms with van der Waals surface area (Å²) in [5.41, 5.74) is 3.34. The third-order valence-corrected chi connectivity index (χ3v) is 4.94. The number of amides is 2. The van der Waals surface area contributed by atoms with Gasteiger partial charge in [-0.25, -0.2) is 4.79 Å². The predicted octanol–water partition coefficient (Wildman–Crippen LogP) is 4.96. The zero-order valence-electron chi connectivity index (χ0n) is 14.6. The monoisotopic (exact) mass is 366 g/mol. The first kappa shape index (κ1) is 18.3. The number of carbonyl (C=O) groups excluding carboxylic acids is 1. The summed E-state index contributed by atoms with van der Waals surface area (Å²) in [6.07, 6.45) is 5.88. The number of halogens is 1. The second kappa shape index (κ2) is 9.25. The number of carbonyl (C=O) groups is 1. The third kappa shape index (κ3) is 4.99. The molecule has 0 atom stereocenters. The van der Waals surface area contributed by atoms with Crippen LogP contribution in [0.1, 0.15) is 29.9 Å². The molecule has 26 heavy (non-hydrogen) atoms. The second-order valence-corrected chi connectivity index (χ2v) is 6.76. The van der Waals surface area contributed by atoms with Gasteiger partial charge < -0.3 is 10.6 Å². The van der Waals surface area contributed by atoms with Crippen LogP contribution in [0.2, 0.25) is 0 Å². The summed E-state index contributed by atoms with van der Waals surface area (Å²) in [4.78, 5) is 12.2. The number of hydrogen-bond acceptors (Lipinski definition) is 1. The molecule has 0 bridgehead atoms. The van der Waals surface area contributed by atoms with Gasteiger partial charge >= 0.3 is 6.03 Å².